The van der Waals surface area contributed by atoms with Gasteiger partial charge in [-0.25, -0.2) is 9.10 Å². The Morgan fingerprint density at radius 3 is 2.47 bits per heavy atom. The Bertz CT molecular complexity index is 263. The highest BCUT2D eigenvalue weighted by atomic mass is 32.2. The van der Waals surface area contributed by atoms with Crippen LogP contribution in [-0.2, 0) is 0 Å². The molecule has 6 heteroatoms. The Hall–Kier alpha value is -0.460. The average Bonchev–Trinajstić information content (AvgIpc) is 2.27. The van der Waals surface area contributed by atoms with E-state index in [0.29, 0.717) is 5.92 Å². The van der Waals surface area contributed by atoms with Crippen molar-refractivity contribution in [3.05, 3.63) is 0 Å². The van der Waals surface area contributed by atoms with Crippen molar-refractivity contribution < 1.29 is 9.90 Å². The molecule has 0 unspecified atom stereocenters. The Kier molecular flexibility index (Phi) is 4.53. The van der Waals surface area contributed by atoms with E-state index in [0.717, 1.165) is 52.2 Å². The SMILES string of the molecule is CSN1CCN(CCC2CN(C(=O)O)C2)CC1. The first-order valence-electron chi connectivity index (χ1n) is 6.18. The number of rotatable bonds is 4. The third-order valence-electron chi connectivity index (χ3n) is 3.67. The first kappa shape index (κ1) is 13.0. The second-order valence-electron chi connectivity index (χ2n) is 4.80. The molecule has 2 aliphatic rings. The van der Waals surface area contributed by atoms with Crippen molar-refractivity contribution in [1.29, 1.82) is 0 Å². The summed E-state index contributed by atoms with van der Waals surface area (Å²) in [4.78, 5) is 14.6. The maximum Gasteiger partial charge on any atom is 0.407 e. The third-order valence-corrected chi connectivity index (χ3v) is 4.55. The van der Waals surface area contributed by atoms with Crippen LogP contribution in [0.4, 0.5) is 4.79 Å². The molecule has 2 rings (SSSR count). The van der Waals surface area contributed by atoms with Gasteiger partial charge in [0.05, 0.1) is 0 Å². The molecule has 0 saturated carbocycles. The molecule has 98 valence electrons. The molecule has 0 spiro atoms. The summed E-state index contributed by atoms with van der Waals surface area (Å²) in [7, 11) is 0. The first-order chi connectivity index (χ1) is 8.19. The van der Waals surface area contributed by atoms with Crippen LogP contribution in [-0.4, -0.2) is 77.4 Å². The van der Waals surface area contributed by atoms with E-state index in [1.807, 2.05) is 11.9 Å². The zero-order valence-corrected chi connectivity index (χ0v) is 11.2. The molecule has 17 heavy (non-hydrogen) atoms. The molecule has 2 fully saturated rings. The molecule has 0 aromatic carbocycles. The average molecular weight is 259 g/mol. The van der Waals surface area contributed by atoms with Gasteiger partial charge in [-0.2, -0.15) is 0 Å². The molecule has 5 nitrogen and oxygen atoms in total. The molecule has 0 aromatic rings. The minimum absolute atomic E-state index is 0.588. The maximum absolute atomic E-state index is 10.6. The second kappa shape index (κ2) is 5.93. The predicted octanol–water partition coefficient (Wildman–Crippen LogP) is 0.882. The number of carbonyl (C=O) groups is 1. The van der Waals surface area contributed by atoms with Crippen molar-refractivity contribution in [1.82, 2.24) is 14.1 Å². The van der Waals surface area contributed by atoms with E-state index in [-0.39, 0.29) is 0 Å². The normalized spacial score (nSPS) is 23.7. The number of amides is 1. The smallest absolute Gasteiger partial charge is 0.407 e. The lowest BCUT2D eigenvalue weighted by atomic mass is 9.96. The van der Waals surface area contributed by atoms with Crippen LogP contribution in [0.1, 0.15) is 6.42 Å². The van der Waals surface area contributed by atoms with Crippen molar-refractivity contribution in [3.8, 4) is 0 Å². The summed E-state index contributed by atoms with van der Waals surface area (Å²) in [6, 6.07) is 0. The van der Waals surface area contributed by atoms with E-state index >= 15 is 0 Å². The molecule has 2 aliphatic heterocycles. The molecule has 0 aliphatic carbocycles. The second-order valence-corrected chi connectivity index (χ2v) is 5.68. The lowest BCUT2D eigenvalue weighted by Gasteiger charge is -2.39. The van der Waals surface area contributed by atoms with Crippen molar-refractivity contribution >= 4 is 18.0 Å². The Balaban J connectivity index is 1.56. The number of hydrogen-bond donors (Lipinski definition) is 1. The minimum Gasteiger partial charge on any atom is -0.465 e. The Morgan fingerprint density at radius 1 is 1.29 bits per heavy atom. The highest BCUT2D eigenvalue weighted by molar-refractivity contribution is 7.96. The lowest BCUT2D eigenvalue weighted by molar-refractivity contribution is 0.0704. The zero-order valence-electron chi connectivity index (χ0n) is 10.3. The Morgan fingerprint density at radius 2 is 1.94 bits per heavy atom. The standard InChI is InChI=1S/C11H21N3O2S/c1-17-14-6-4-12(5-7-14)3-2-10-8-13(9-10)11(15)16/h10H,2-9H2,1H3,(H,15,16). The predicted molar refractivity (Wildman–Crippen MR) is 69.2 cm³/mol. The fourth-order valence-corrected chi connectivity index (χ4v) is 2.94. The van der Waals surface area contributed by atoms with E-state index in [4.69, 9.17) is 5.11 Å². The summed E-state index contributed by atoms with van der Waals surface area (Å²) < 4.78 is 2.39. The van der Waals surface area contributed by atoms with Gasteiger partial charge in [-0.15, -0.1) is 0 Å². The molecule has 1 amide bonds. The first-order valence-corrected chi connectivity index (χ1v) is 7.36. The van der Waals surface area contributed by atoms with Gasteiger partial charge in [0.1, 0.15) is 0 Å². The summed E-state index contributed by atoms with van der Waals surface area (Å²) in [6.07, 6.45) is 2.50. The summed E-state index contributed by atoms with van der Waals surface area (Å²) in [5, 5.41) is 8.73. The number of nitrogens with zero attached hydrogens (tertiary/aromatic N) is 3. The van der Waals surface area contributed by atoms with Crippen LogP contribution in [0.25, 0.3) is 0 Å². The van der Waals surface area contributed by atoms with E-state index in [9.17, 15) is 4.79 Å². The van der Waals surface area contributed by atoms with Gasteiger partial charge < -0.3 is 14.9 Å². The van der Waals surface area contributed by atoms with Gasteiger partial charge in [0.2, 0.25) is 0 Å². The van der Waals surface area contributed by atoms with Crippen LogP contribution in [0.3, 0.4) is 0 Å². The van der Waals surface area contributed by atoms with E-state index < -0.39 is 6.09 Å². The topological polar surface area (TPSA) is 47.0 Å². The number of likely N-dealkylation sites (tertiary alicyclic amines) is 1. The molecule has 2 heterocycles. The summed E-state index contributed by atoms with van der Waals surface area (Å²) in [5.74, 6) is 0.588. The highest BCUT2D eigenvalue weighted by Crippen LogP contribution is 2.20. The van der Waals surface area contributed by atoms with Crippen LogP contribution in [0.2, 0.25) is 0 Å². The van der Waals surface area contributed by atoms with Gasteiger partial charge in [-0.1, -0.05) is 11.9 Å². The molecule has 1 N–H and O–H groups in total. The number of piperazine rings is 1. The molecular formula is C11H21N3O2S. The summed E-state index contributed by atoms with van der Waals surface area (Å²) in [5.41, 5.74) is 0. The van der Waals surface area contributed by atoms with Gasteiger partial charge in [-0.3, -0.25) is 0 Å². The highest BCUT2D eigenvalue weighted by Gasteiger charge is 2.30. The third kappa shape index (κ3) is 3.50. The van der Waals surface area contributed by atoms with Crippen LogP contribution in [0.5, 0.6) is 0 Å². The van der Waals surface area contributed by atoms with Crippen LogP contribution in [0, 0.1) is 5.92 Å². The maximum atomic E-state index is 10.6. The van der Waals surface area contributed by atoms with Crippen LogP contribution >= 0.6 is 11.9 Å². The fraction of sp³-hybridized carbons (Fsp3) is 0.909. The summed E-state index contributed by atoms with van der Waals surface area (Å²) >= 11 is 1.83. The van der Waals surface area contributed by atoms with Crippen molar-refractivity contribution in [2.24, 2.45) is 5.92 Å². The van der Waals surface area contributed by atoms with E-state index in [2.05, 4.69) is 15.5 Å². The van der Waals surface area contributed by atoms with E-state index in [1.54, 1.807) is 0 Å². The van der Waals surface area contributed by atoms with E-state index in [1.165, 1.54) is 4.90 Å². The zero-order chi connectivity index (χ0) is 12.3. The molecule has 0 aromatic heterocycles. The van der Waals surface area contributed by atoms with Crippen molar-refractivity contribution in [3.63, 3.8) is 0 Å². The van der Waals surface area contributed by atoms with Crippen LogP contribution in [0.15, 0.2) is 0 Å². The largest absolute Gasteiger partial charge is 0.465 e. The van der Waals surface area contributed by atoms with Gasteiger partial charge in [-0.05, 0) is 25.1 Å². The van der Waals surface area contributed by atoms with Gasteiger partial charge in [0.15, 0.2) is 0 Å². The van der Waals surface area contributed by atoms with Gasteiger partial charge in [0.25, 0.3) is 0 Å². The molecule has 2 saturated heterocycles. The fourth-order valence-electron chi connectivity index (χ4n) is 2.41. The summed E-state index contributed by atoms with van der Waals surface area (Å²) in [6.45, 7) is 7.19. The monoisotopic (exact) mass is 259 g/mol. The minimum atomic E-state index is -0.769. The Labute approximate surface area is 107 Å². The van der Waals surface area contributed by atoms with Crippen molar-refractivity contribution in [2.75, 3.05) is 52.1 Å². The molecule has 0 bridgehead atoms. The quantitative estimate of drug-likeness (QED) is 0.760. The number of carboxylic acid groups (broad SMARTS) is 1. The molecule has 0 radical (unpaired) electrons. The lowest BCUT2D eigenvalue weighted by Crippen LogP contribution is -2.51. The molecular weight excluding hydrogens is 238 g/mol. The van der Waals surface area contributed by atoms with Gasteiger partial charge in [0, 0.05) is 39.3 Å². The van der Waals surface area contributed by atoms with Crippen LogP contribution < -0.4 is 0 Å². The van der Waals surface area contributed by atoms with Gasteiger partial charge >= 0.3 is 6.09 Å². The number of hydrogen-bond acceptors (Lipinski definition) is 4. The van der Waals surface area contributed by atoms with Crippen molar-refractivity contribution in [2.45, 2.75) is 6.42 Å². The molecule has 0 atom stereocenters.